The predicted molar refractivity (Wildman–Crippen MR) is 93.0 cm³/mol. The second-order valence-corrected chi connectivity index (χ2v) is 8.75. The molecule has 2 N–H and O–H groups in total. The molecule has 1 saturated heterocycles. The highest BCUT2D eigenvalue weighted by molar-refractivity contribution is 7.89. The number of hydrogen-bond acceptors (Lipinski definition) is 6. The van der Waals surface area contributed by atoms with Gasteiger partial charge in [0.1, 0.15) is 0 Å². The van der Waals surface area contributed by atoms with Crippen molar-refractivity contribution in [1.29, 1.82) is 0 Å². The first-order valence-corrected chi connectivity index (χ1v) is 10.2. The van der Waals surface area contributed by atoms with Crippen LogP contribution >= 0.6 is 0 Å². The van der Waals surface area contributed by atoms with Gasteiger partial charge in [0, 0.05) is 12.1 Å². The van der Waals surface area contributed by atoms with Crippen LogP contribution in [0.4, 0.5) is 0 Å². The van der Waals surface area contributed by atoms with Gasteiger partial charge in [-0.1, -0.05) is 22.9 Å². The van der Waals surface area contributed by atoms with E-state index < -0.39 is 28.3 Å². The van der Waals surface area contributed by atoms with Gasteiger partial charge in [0.25, 0.3) is 0 Å². The molecule has 2 aliphatic rings. The highest BCUT2D eigenvalue weighted by Gasteiger charge is 2.39. The Kier molecular flexibility index (Phi) is 4.55. The highest BCUT2D eigenvalue weighted by Crippen LogP contribution is 2.38. The lowest BCUT2D eigenvalue weighted by Crippen LogP contribution is -2.47. The van der Waals surface area contributed by atoms with Gasteiger partial charge in [-0.3, -0.25) is 0 Å². The number of nitrogens with zero attached hydrogens (tertiary/aromatic N) is 3. The third-order valence-electron chi connectivity index (χ3n) is 4.84. The van der Waals surface area contributed by atoms with Gasteiger partial charge < -0.3 is 9.84 Å². The molecule has 0 spiro atoms. The molecule has 0 amide bonds. The standard InChI is InChI=1S/C17H22N4O4S/c1-11-2-6-13(7-3-11)26(23,24)19-17-15(22)10-25-16(17)9-21-8-14(18-20-21)12-4-5-12/h2-3,6-8,12,15-17,19,22H,4-5,9-10H2,1H3/t15-,16+,17+/m0/s1. The summed E-state index contributed by atoms with van der Waals surface area (Å²) < 4.78 is 35.1. The fraction of sp³-hybridized carbons (Fsp3) is 0.529. The Morgan fingerprint density at radius 2 is 2.04 bits per heavy atom. The summed E-state index contributed by atoms with van der Waals surface area (Å²) >= 11 is 0. The molecule has 26 heavy (non-hydrogen) atoms. The minimum atomic E-state index is -3.75. The van der Waals surface area contributed by atoms with Gasteiger partial charge in [-0.25, -0.2) is 17.8 Å². The summed E-state index contributed by atoms with van der Waals surface area (Å²) in [6.45, 7) is 2.30. The van der Waals surface area contributed by atoms with Crippen molar-refractivity contribution in [2.45, 2.75) is 55.4 Å². The van der Waals surface area contributed by atoms with Gasteiger partial charge in [0.2, 0.25) is 10.0 Å². The summed E-state index contributed by atoms with van der Waals surface area (Å²) in [6.07, 6.45) is 2.72. The molecule has 1 aliphatic carbocycles. The fourth-order valence-corrected chi connectivity index (χ4v) is 4.41. The molecule has 1 aromatic carbocycles. The van der Waals surface area contributed by atoms with E-state index in [0.29, 0.717) is 12.5 Å². The van der Waals surface area contributed by atoms with Crippen LogP contribution in [-0.2, 0) is 21.3 Å². The largest absolute Gasteiger partial charge is 0.389 e. The predicted octanol–water partition coefficient (Wildman–Crippen LogP) is 0.571. The zero-order valence-electron chi connectivity index (χ0n) is 14.4. The van der Waals surface area contributed by atoms with E-state index in [0.717, 1.165) is 24.1 Å². The first-order valence-electron chi connectivity index (χ1n) is 8.71. The van der Waals surface area contributed by atoms with Gasteiger partial charge in [-0.05, 0) is 31.9 Å². The zero-order valence-corrected chi connectivity index (χ0v) is 15.3. The van der Waals surface area contributed by atoms with E-state index in [1.54, 1.807) is 28.9 Å². The van der Waals surface area contributed by atoms with E-state index in [1.807, 2.05) is 13.1 Å². The van der Waals surface area contributed by atoms with Crippen molar-refractivity contribution < 1.29 is 18.3 Å². The third kappa shape index (κ3) is 3.66. The zero-order chi connectivity index (χ0) is 18.3. The Balaban J connectivity index is 1.48. The summed E-state index contributed by atoms with van der Waals surface area (Å²) in [5.41, 5.74) is 1.93. The van der Waals surface area contributed by atoms with Crippen LogP contribution in [0.1, 0.15) is 30.0 Å². The molecule has 3 atom stereocenters. The maximum absolute atomic E-state index is 12.6. The topological polar surface area (TPSA) is 106 Å². The van der Waals surface area contributed by atoms with Crippen LogP contribution in [0.5, 0.6) is 0 Å². The Labute approximate surface area is 152 Å². The van der Waals surface area contributed by atoms with Crippen molar-refractivity contribution >= 4 is 10.0 Å². The van der Waals surface area contributed by atoms with Crippen molar-refractivity contribution in [3.63, 3.8) is 0 Å². The molecule has 1 aliphatic heterocycles. The Morgan fingerprint density at radius 3 is 2.73 bits per heavy atom. The van der Waals surface area contributed by atoms with Gasteiger partial charge >= 0.3 is 0 Å². The van der Waals surface area contributed by atoms with Gasteiger partial charge in [-0.15, -0.1) is 5.10 Å². The fourth-order valence-electron chi connectivity index (χ4n) is 3.12. The monoisotopic (exact) mass is 378 g/mol. The molecule has 1 aromatic heterocycles. The summed E-state index contributed by atoms with van der Waals surface area (Å²) in [4.78, 5) is 0.165. The maximum atomic E-state index is 12.6. The minimum absolute atomic E-state index is 0.0793. The van der Waals surface area contributed by atoms with Crippen LogP contribution in [0.15, 0.2) is 35.4 Å². The number of aliphatic hydroxyl groups is 1. The Bertz CT molecular complexity index is 876. The van der Waals surface area contributed by atoms with Gasteiger partial charge in [0.15, 0.2) is 0 Å². The molecular weight excluding hydrogens is 356 g/mol. The summed E-state index contributed by atoms with van der Waals surface area (Å²) in [6, 6.07) is 5.84. The van der Waals surface area contributed by atoms with Crippen molar-refractivity contribution in [2.75, 3.05) is 6.61 Å². The number of ether oxygens (including phenoxy) is 1. The molecule has 1 saturated carbocycles. The van der Waals surface area contributed by atoms with Crippen LogP contribution in [0, 0.1) is 6.92 Å². The summed E-state index contributed by atoms with van der Waals surface area (Å²) in [5, 5.41) is 18.4. The number of sulfonamides is 1. The van der Waals surface area contributed by atoms with Crippen molar-refractivity contribution in [1.82, 2.24) is 19.7 Å². The van der Waals surface area contributed by atoms with Crippen molar-refractivity contribution in [2.24, 2.45) is 0 Å². The molecule has 140 valence electrons. The summed E-state index contributed by atoms with van der Waals surface area (Å²) in [5.74, 6) is 0.495. The molecule has 0 bridgehead atoms. The van der Waals surface area contributed by atoms with E-state index >= 15 is 0 Å². The Hall–Kier alpha value is -1.81. The van der Waals surface area contributed by atoms with Crippen molar-refractivity contribution in [3.8, 4) is 0 Å². The van der Waals surface area contributed by atoms with E-state index in [9.17, 15) is 13.5 Å². The van der Waals surface area contributed by atoms with Gasteiger partial charge in [-0.2, -0.15) is 0 Å². The lowest BCUT2D eigenvalue weighted by Gasteiger charge is -2.21. The van der Waals surface area contributed by atoms with E-state index in [-0.39, 0.29) is 11.5 Å². The number of rotatable bonds is 6. The van der Waals surface area contributed by atoms with Crippen LogP contribution < -0.4 is 4.72 Å². The lowest BCUT2D eigenvalue weighted by molar-refractivity contribution is 0.0753. The molecule has 0 radical (unpaired) electrons. The maximum Gasteiger partial charge on any atom is 0.240 e. The first kappa shape index (κ1) is 17.6. The van der Waals surface area contributed by atoms with Crippen LogP contribution in [0.25, 0.3) is 0 Å². The normalized spacial score (nSPS) is 26.3. The van der Waals surface area contributed by atoms with E-state index in [2.05, 4.69) is 15.0 Å². The molecule has 2 fully saturated rings. The number of aliphatic hydroxyl groups excluding tert-OH is 1. The average molecular weight is 378 g/mol. The molecule has 2 heterocycles. The smallest absolute Gasteiger partial charge is 0.240 e. The number of benzene rings is 1. The number of aromatic nitrogens is 3. The van der Waals surface area contributed by atoms with Crippen LogP contribution in [-0.4, -0.2) is 53.4 Å². The van der Waals surface area contributed by atoms with Gasteiger partial charge in [0.05, 0.1) is 42.0 Å². The van der Waals surface area contributed by atoms with Crippen LogP contribution in [0.3, 0.4) is 0 Å². The number of hydrogen-bond donors (Lipinski definition) is 2. The molecule has 9 heteroatoms. The molecule has 8 nitrogen and oxygen atoms in total. The minimum Gasteiger partial charge on any atom is -0.389 e. The SMILES string of the molecule is Cc1ccc(S(=O)(=O)N[C@@H]2[C@@H](O)CO[C@@H]2Cn2cc(C3CC3)nn2)cc1. The van der Waals surface area contributed by atoms with E-state index in [1.165, 1.54) is 0 Å². The Morgan fingerprint density at radius 1 is 1.31 bits per heavy atom. The lowest BCUT2D eigenvalue weighted by atomic mass is 10.1. The number of nitrogens with one attached hydrogen (secondary N) is 1. The molecule has 2 aromatic rings. The quantitative estimate of drug-likeness (QED) is 0.761. The second-order valence-electron chi connectivity index (χ2n) is 7.04. The van der Waals surface area contributed by atoms with E-state index in [4.69, 9.17) is 4.74 Å². The number of aryl methyl sites for hydroxylation is 1. The van der Waals surface area contributed by atoms with Crippen LogP contribution in [0.2, 0.25) is 0 Å². The van der Waals surface area contributed by atoms with Crippen molar-refractivity contribution in [3.05, 3.63) is 41.7 Å². The second kappa shape index (κ2) is 6.73. The molecule has 0 unspecified atom stereocenters. The first-order chi connectivity index (χ1) is 12.4. The summed E-state index contributed by atoms with van der Waals surface area (Å²) in [7, 11) is -3.75. The molecular formula is C17H22N4O4S. The molecule has 4 rings (SSSR count). The third-order valence-corrected chi connectivity index (χ3v) is 6.31. The highest BCUT2D eigenvalue weighted by atomic mass is 32.2. The average Bonchev–Trinajstić information content (AvgIpc) is 3.27.